The van der Waals surface area contributed by atoms with E-state index in [0.717, 1.165) is 33.0 Å². The van der Waals surface area contributed by atoms with Gasteiger partial charge in [-0.3, -0.25) is 4.79 Å². The predicted molar refractivity (Wildman–Crippen MR) is 168 cm³/mol. The fourth-order valence-electron chi connectivity index (χ4n) is 3.24. The molecule has 0 saturated heterocycles. The molecule has 0 N–H and O–H groups in total. The summed E-state index contributed by atoms with van der Waals surface area (Å²) in [5.41, 5.74) is 2.61. The summed E-state index contributed by atoms with van der Waals surface area (Å²) < 4.78 is 0. The normalized spacial score (nSPS) is 10.6. The van der Waals surface area contributed by atoms with Gasteiger partial charge in [0.15, 0.2) is 0 Å². The maximum Gasteiger partial charge on any atom is 0.134 e. The van der Waals surface area contributed by atoms with Crippen molar-refractivity contribution < 1.29 is 9.59 Å². The highest BCUT2D eigenvalue weighted by atomic mass is 32.2. The van der Waals surface area contributed by atoms with Crippen LogP contribution in [0, 0.1) is 12.3 Å². The van der Waals surface area contributed by atoms with Crippen LogP contribution in [0.25, 0.3) is 19.6 Å². The molecule has 3 heterocycles. The van der Waals surface area contributed by atoms with E-state index in [1.54, 1.807) is 41.4 Å². The zero-order valence-corrected chi connectivity index (χ0v) is 26.2. The number of carbonyl (C=O) groups excluding carboxylic acids is 2. The molecular formula is C30H40O2S4. The van der Waals surface area contributed by atoms with E-state index in [2.05, 4.69) is 72.9 Å². The third kappa shape index (κ3) is 10.7. The van der Waals surface area contributed by atoms with E-state index in [4.69, 9.17) is 4.79 Å². The Kier molecular flexibility index (Phi) is 13.9. The third-order valence-electron chi connectivity index (χ3n) is 4.47. The van der Waals surface area contributed by atoms with Gasteiger partial charge in [-0.15, -0.1) is 34.0 Å². The first kappa shape index (κ1) is 32.3. The van der Waals surface area contributed by atoms with Crippen molar-refractivity contribution in [2.24, 2.45) is 5.41 Å². The summed E-state index contributed by atoms with van der Waals surface area (Å²) >= 11 is 6.95. The van der Waals surface area contributed by atoms with E-state index in [1.807, 2.05) is 22.8 Å². The SMILES string of the molecule is C=C(SC(=C)c1sccc1CC(C)=O)c1sc(-c2ccc(CC(C)(C)C)s2)cc1C.CC=O.CCC. The van der Waals surface area contributed by atoms with Crippen LogP contribution in [0.4, 0.5) is 0 Å². The van der Waals surface area contributed by atoms with Gasteiger partial charge >= 0.3 is 0 Å². The molecule has 0 spiro atoms. The van der Waals surface area contributed by atoms with E-state index in [9.17, 15) is 4.79 Å². The molecule has 0 aliphatic carbocycles. The molecule has 0 radical (unpaired) electrons. The third-order valence-corrected chi connectivity index (χ3v) is 9.22. The molecule has 36 heavy (non-hydrogen) atoms. The largest absolute Gasteiger partial charge is 0.304 e. The summed E-state index contributed by atoms with van der Waals surface area (Å²) in [6.07, 6.45) is 3.56. The first-order valence-corrected chi connectivity index (χ1v) is 15.4. The molecule has 6 heteroatoms. The van der Waals surface area contributed by atoms with Crippen LogP contribution in [-0.4, -0.2) is 12.1 Å². The molecule has 0 aliphatic rings. The quantitative estimate of drug-likeness (QED) is 0.257. The Balaban J connectivity index is 0.000000982. The van der Waals surface area contributed by atoms with Gasteiger partial charge in [0.2, 0.25) is 0 Å². The first-order chi connectivity index (χ1) is 16.9. The van der Waals surface area contributed by atoms with Crippen LogP contribution in [-0.2, 0) is 22.4 Å². The molecule has 0 fully saturated rings. The van der Waals surface area contributed by atoms with Crippen molar-refractivity contribution in [2.75, 3.05) is 0 Å². The predicted octanol–water partition coefficient (Wildman–Crippen LogP) is 10.6. The van der Waals surface area contributed by atoms with Crippen LogP contribution in [0.15, 0.2) is 42.8 Å². The zero-order chi connectivity index (χ0) is 27.5. The van der Waals surface area contributed by atoms with Crippen LogP contribution >= 0.6 is 45.8 Å². The number of Topliss-reactive ketones (excluding diaryl/α,β-unsaturated/α-hetero) is 1. The van der Waals surface area contributed by atoms with Crippen LogP contribution in [0.5, 0.6) is 0 Å². The Morgan fingerprint density at radius 2 is 1.61 bits per heavy atom. The maximum atomic E-state index is 11.5. The van der Waals surface area contributed by atoms with Gasteiger partial charge in [-0.1, -0.05) is 66.0 Å². The topological polar surface area (TPSA) is 34.1 Å². The first-order valence-electron chi connectivity index (χ1n) is 12.1. The summed E-state index contributed by atoms with van der Waals surface area (Å²) in [6, 6.07) is 8.80. The van der Waals surface area contributed by atoms with Crippen molar-refractivity contribution in [1.82, 2.24) is 0 Å². The molecule has 0 aromatic carbocycles. The van der Waals surface area contributed by atoms with Crippen LogP contribution in [0.1, 0.15) is 80.6 Å². The van der Waals surface area contributed by atoms with E-state index in [-0.39, 0.29) is 5.78 Å². The van der Waals surface area contributed by atoms with Gasteiger partial charge in [-0.2, -0.15) is 0 Å². The lowest BCUT2D eigenvalue weighted by Gasteiger charge is -2.16. The molecular weight excluding hydrogens is 521 g/mol. The second kappa shape index (κ2) is 15.5. The second-order valence-corrected chi connectivity index (χ2v) is 14.0. The molecule has 0 unspecified atom stereocenters. The van der Waals surface area contributed by atoms with Crippen LogP contribution in [0.2, 0.25) is 0 Å². The number of ketones is 1. The maximum absolute atomic E-state index is 11.5. The highest BCUT2D eigenvalue weighted by Crippen LogP contribution is 2.46. The van der Waals surface area contributed by atoms with Crippen LogP contribution < -0.4 is 0 Å². The monoisotopic (exact) mass is 560 g/mol. The van der Waals surface area contributed by atoms with E-state index in [1.165, 1.54) is 38.4 Å². The minimum atomic E-state index is 0.173. The molecule has 2 nitrogen and oxygen atoms in total. The molecule has 0 atom stereocenters. The van der Waals surface area contributed by atoms with Crippen molar-refractivity contribution in [2.45, 2.75) is 74.7 Å². The summed E-state index contributed by atoms with van der Waals surface area (Å²) in [6.45, 7) is 24.9. The highest BCUT2D eigenvalue weighted by Gasteiger charge is 2.17. The number of thioether (sulfide) groups is 1. The average Bonchev–Trinajstić information content (AvgIpc) is 3.47. The average molecular weight is 561 g/mol. The molecule has 3 aromatic rings. The highest BCUT2D eigenvalue weighted by molar-refractivity contribution is 8.16. The number of aldehydes is 1. The minimum Gasteiger partial charge on any atom is -0.304 e. The Hall–Kier alpha value is -1.73. The molecule has 0 bridgehead atoms. The molecule has 196 valence electrons. The molecule has 3 rings (SSSR count). The van der Waals surface area contributed by atoms with Gasteiger partial charge in [0.05, 0.1) is 0 Å². The molecule has 0 amide bonds. The molecule has 0 aliphatic heterocycles. The number of aryl methyl sites for hydroxylation is 1. The fraction of sp³-hybridized carbons (Fsp3) is 0.400. The van der Waals surface area contributed by atoms with E-state index in [0.29, 0.717) is 11.8 Å². The van der Waals surface area contributed by atoms with E-state index < -0.39 is 0 Å². The number of hydrogen-bond donors (Lipinski definition) is 0. The Morgan fingerprint density at radius 3 is 2.17 bits per heavy atom. The summed E-state index contributed by atoms with van der Waals surface area (Å²) in [7, 11) is 0. The van der Waals surface area contributed by atoms with Gasteiger partial charge in [-0.25, -0.2) is 0 Å². The summed E-state index contributed by atoms with van der Waals surface area (Å²) in [5, 5.41) is 2.03. The van der Waals surface area contributed by atoms with Crippen molar-refractivity contribution in [3.63, 3.8) is 0 Å². The lowest BCUT2D eigenvalue weighted by molar-refractivity contribution is -0.116. The van der Waals surface area contributed by atoms with E-state index >= 15 is 0 Å². The van der Waals surface area contributed by atoms with Crippen molar-refractivity contribution in [1.29, 1.82) is 0 Å². The Morgan fingerprint density at radius 1 is 1.03 bits per heavy atom. The minimum absolute atomic E-state index is 0.173. The Labute approximate surface area is 234 Å². The standard InChI is InChI=1S/C25H28OS4.C3H8.C2H4O/c1-15-12-22(21-9-8-20(29-21)14-25(5,6)7)30-23(15)17(3)28-18(4)24-19(10-11-27-24)13-16(2)26;1-3-2;1-2-3/h8-12H,3-4,13-14H2,1-2,5-7H3;3H2,1-2H3;2H,1H3. The number of carbonyl (C=O) groups is 2. The van der Waals surface area contributed by atoms with Crippen molar-refractivity contribution in [3.05, 3.63) is 68.6 Å². The van der Waals surface area contributed by atoms with Gasteiger partial charge < -0.3 is 4.79 Å². The fourth-order valence-corrected chi connectivity index (χ4v) is 7.75. The summed E-state index contributed by atoms with van der Waals surface area (Å²) in [5.74, 6) is 0.173. The number of rotatable bonds is 8. The number of hydrogen-bond acceptors (Lipinski definition) is 6. The van der Waals surface area contributed by atoms with Crippen molar-refractivity contribution >= 4 is 67.7 Å². The lowest BCUT2D eigenvalue weighted by atomic mass is 9.92. The van der Waals surface area contributed by atoms with Gasteiger partial charge in [0.25, 0.3) is 0 Å². The van der Waals surface area contributed by atoms with Gasteiger partial charge in [-0.05, 0) is 73.4 Å². The summed E-state index contributed by atoms with van der Waals surface area (Å²) in [4.78, 5) is 28.7. The van der Waals surface area contributed by atoms with Gasteiger partial charge in [0, 0.05) is 40.6 Å². The Bertz CT molecular complexity index is 1150. The molecule has 3 aromatic heterocycles. The number of thiophene rings is 3. The van der Waals surface area contributed by atoms with Gasteiger partial charge in [0.1, 0.15) is 12.1 Å². The second-order valence-electron chi connectivity index (χ2n) is 9.67. The van der Waals surface area contributed by atoms with Crippen LogP contribution in [0.3, 0.4) is 0 Å². The zero-order valence-electron chi connectivity index (χ0n) is 22.9. The van der Waals surface area contributed by atoms with Crippen molar-refractivity contribution in [3.8, 4) is 9.75 Å². The smallest absolute Gasteiger partial charge is 0.134 e. The lowest BCUT2D eigenvalue weighted by Crippen LogP contribution is -2.07. The molecule has 0 saturated carbocycles.